The van der Waals surface area contributed by atoms with Gasteiger partial charge in [0, 0.05) is 18.3 Å². The molecule has 0 aromatic rings. The quantitative estimate of drug-likeness (QED) is 0.782. The molecule has 1 saturated carbocycles. The summed E-state index contributed by atoms with van der Waals surface area (Å²) in [4.78, 5) is 4.80. The number of thioether (sulfide) groups is 1. The highest BCUT2D eigenvalue weighted by Gasteiger charge is 2.41. The number of hydrogen-bond donors (Lipinski definition) is 1. The standard InChI is InChI=1S/C14H26N2S/c1-4-5-14(6-7-14)10-15-13-16-12(9-17-13)8-11(2)3/h11-12H,4-10H2,1-3H3,(H,15,16). The van der Waals surface area contributed by atoms with E-state index in [9.17, 15) is 0 Å². The molecule has 1 aliphatic heterocycles. The van der Waals surface area contributed by atoms with E-state index in [2.05, 4.69) is 26.1 Å². The topological polar surface area (TPSA) is 24.4 Å². The summed E-state index contributed by atoms with van der Waals surface area (Å²) < 4.78 is 0. The number of nitrogens with one attached hydrogen (secondary N) is 1. The smallest absolute Gasteiger partial charge is 0.156 e. The van der Waals surface area contributed by atoms with E-state index >= 15 is 0 Å². The van der Waals surface area contributed by atoms with Crippen molar-refractivity contribution in [2.45, 2.75) is 58.9 Å². The highest BCUT2D eigenvalue weighted by atomic mass is 32.2. The van der Waals surface area contributed by atoms with Crippen molar-refractivity contribution in [3.63, 3.8) is 0 Å². The molecule has 2 aliphatic rings. The zero-order valence-electron chi connectivity index (χ0n) is 11.5. The van der Waals surface area contributed by atoms with Gasteiger partial charge in [0.1, 0.15) is 0 Å². The second-order valence-corrected chi connectivity index (χ2v) is 7.16. The monoisotopic (exact) mass is 254 g/mol. The molecule has 0 aromatic heterocycles. The lowest BCUT2D eigenvalue weighted by Gasteiger charge is -2.13. The van der Waals surface area contributed by atoms with Crippen LogP contribution in [-0.2, 0) is 0 Å². The second-order valence-electron chi connectivity index (χ2n) is 6.15. The number of nitrogens with zero attached hydrogens (tertiary/aromatic N) is 1. The van der Waals surface area contributed by atoms with Gasteiger partial charge in [-0.25, -0.2) is 0 Å². The van der Waals surface area contributed by atoms with Gasteiger partial charge in [-0.3, -0.25) is 4.99 Å². The summed E-state index contributed by atoms with van der Waals surface area (Å²) in [5.41, 5.74) is 0.597. The molecule has 2 rings (SSSR count). The van der Waals surface area contributed by atoms with E-state index in [1.807, 2.05) is 11.8 Å². The van der Waals surface area contributed by atoms with Crippen LogP contribution in [0.15, 0.2) is 4.99 Å². The molecule has 0 aromatic carbocycles. The van der Waals surface area contributed by atoms with Gasteiger partial charge in [0.25, 0.3) is 0 Å². The van der Waals surface area contributed by atoms with E-state index in [0.717, 1.165) is 12.5 Å². The van der Waals surface area contributed by atoms with E-state index in [-0.39, 0.29) is 0 Å². The van der Waals surface area contributed by atoms with Gasteiger partial charge in [0.15, 0.2) is 5.17 Å². The van der Waals surface area contributed by atoms with Crippen molar-refractivity contribution < 1.29 is 0 Å². The maximum atomic E-state index is 4.80. The van der Waals surface area contributed by atoms with Gasteiger partial charge in [0.05, 0.1) is 0 Å². The van der Waals surface area contributed by atoms with Crippen LogP contribution < -0.4 is 5.32 Å². The Labute approximate surface area is 110 Å². The lowest BCUT2D eigenvalue weighted by Crippen LogP contribution is -2.28. The molecule has 1 unspecified atom stereocenters. The largest absolute Gasteiger partial charge is 0.361 e. The Balaban J connectivity index is 1.76. The van der Waals surface area contributed by atoms with Gasteiger partial charge < -0.3 is 5.32 Å². The van der Waals surface area contributed by atoms with E-state index in [1.165, 1.54) is 43.0 Å². The van der Waals surface area contributed by atoms with Crippen molar-refractivity contribution in [3.8, 4) is 0 Å². The molecule has 98 valence electrons. The third-order valence-corrected chi connectivity index (χ3v) is 4.89. The molecule has 2 fully saturated rings. The predicted molar refractivity (Wildman–Crippen MR) is 77.7 cm³/mol. The number of rotatable bonds is 6. The fourth-order valence-electron chi connectivity index (χ4n) is 2.66. The molecular formula is C14H26N2S. The normalized spacial score (nSPS) is 28.7. The molecule has 0 amide bonds. The Morgan fingerprint density at radius 2 is 2.24 bits per heavy atom. The first-order valence-electron chi connectivity index (χ1n) is 7.07. The summed E-state index contributed by atoms with van der Waals surface area (Å²) >= 11 is 1.92. The predicted octanol–water partition coefficient (Wildman–Crippen LogP) is 3.67. The van der Waals surface area contributed by atoms with Crippen LogP contribution in [0.25, 0.3) is 0 Å². The zero-order chi connectivity index (χ0) is 12.3. The van der Waals surface area contributed by atoms with E-state index < -0.39 is 0 Å². The minimum absolute atomic E-state index is 0.597. The van der Waals surface area contributed by atoms with Crippen LogP contribution in [0.3, 0.4) is 0 Å². The number of aliphatic imine (C=N–C) groups is 1. The fourth-order valence-corrected chi connectivity index (χ4v) is 3.64. The molecule has 17 heavy (non-hydrogen) atoms. The van der Waals surface area contributed by atoms with E-state index in [4.69, 9.17) is 4.99 Å². The third kappa shape index (κ3) is 3.90. The van der Waals surface area contributed by atoms with Gasteiger partial charge in [-0.05, 0) is 37.0 Å². The van der Waals surface area contributed by atoms with Crippen LogP contribution >= 0.6 is 11.8 Å². The molecular weight excluding hydrogens is 228 g/mol. The minimum atomic E-state index is 0.597. The first-order chi connectivity index (χ1) is 8.13. The Kier molecular flexibility index (Phi) is 4.40. The van der Waals surface area contributed by atoms with Crippen LogP contribution in [0.4, 0.5) is 0 Å². The lowest BCUT2D eigenvalue weighted by molar-refractivity contribution is 0.470. The average molecular weight is 254 g/mol. The first kappa shape index (κ1) is 13.3. The van der Waals surface area contributed by atoms with Crippen LogP contribution in [-0.4, -0.2) is 23.5 Å². The van der Waals surface area contributed by atoms with Crippen LogP contribution in [0.1, 0.15) is 52.9 Å². The Bertz CT molecular complexity index is 282. The van der Waals surface area contributed by atoms with Gasteiger partial charge in [-0.2, -0.15) is 0 Å². The third-order valence-electron chi connectivity index (χ3n) is 3.80. The van der Waals surface area contributed by atoms with E-state index in [1.54, 1.807) is 0 Å². The summed E-state index contributed by atoms with van der Waals surface area (Å²) in [6.07, 6.45) is 6.74. The lowest BCUT2D eigenvalue weighted by atomic mass is 10.0. The van der Waals surface area contributed by atoms with Crippen molar-refractivity contribution >= 4 is 16.9 Å². The van der Waals surface area contributed by atoms with Crippen molar-refractivity contribution in [1.82, 2.24) is 5.32 Å². The first-order valence-corrected chi connectivity index (χ1v) is 8.06. The van der Waals surface area contributed by atoms with Crippen molar-refractivity contribution in [3.05, 3.63) is 0 Å². The highest BCUT2D eigenvalue weighted by Crippen LogP contribution is 2.49. The van der Waals surface area contributed by atoms with Gasteiger partial charge in [-0.1, -0.05) is 39.0 Å². The highest BCUT2D eigenvalue weighted by molar-refractivity contribution is 8.14. The van der Waals surface area contributed by atoms with Crippen molar-refractivity contribution in [2.24, 2.45) is 16.3 Å². The zero-order valence-corrected chi connectivity index (χ0v) is 12.3. The molecule has 1 aliphatic carbocycles. The number of amidine groups is 1. The molecule has 1 atom stereocenters. The summed E-state index contributed by atoms with van der Waals surface area (Å²) in [6.45, 7) is 7.93. The summed E-state index contributed by atoms with van der Waals surface area (Å²) in [5, 5.41) is 4.78. The average Bonchev–Trinajstić information content (AvgIpc) is 2.88. The molecule has 0 radical (unpaired) electrons. The van der Waals surface area contributed by atoms with Gasteiger partial charge in [0.2, 0.25) is 0 Å². The number of hydrogen-bond acceptors (Lipinski definition) is 2. The molecule has 0 bridgehead atoms. The van der Waals surface area contributed by atoms with E-state index in [0.29, 0.717) is 11.5 Å². The SMILES string of the molecule is CCCC1(CN=C2NC(CC(C)C)CS2)CC1. The molecule has 0 spiro atoms. The Morgan fingerprint density at radius 3 is 2.82 bits per heavy atom. The Hall–Kier alpha value is -0.180. The fraction of sp³-hybridized carbons (Fsp3) is 0.929. The van der Waals surface area contributed by atoms with Crippen LogP contribution in [0.2, 0.25) is 0 Å². The summed E-state index contributed by atoms with van der Waals surface area (Å²) in [7, 11) is 0. The van der Waals surface area contributed by atoms with Crippen LogP contribution in [0.5, 0.6) is 0 Å². The summed E-state index contributed by atoms with van der Waals surface area (Å²) in [6, 6.07) is 0.653. The van der Waals surface area contributed by atoms with Gasteiger partial charge >= 0.3 is 0 Å². The molecule has 2 nitrogen and oxygen atoms in total. The molecule has 1 N–H and O–H groups in total. The summed E-state index contributed by atoms with van der Waals surface area (Å²) in [5.74, 6) is 1.99. The maximum absolute atomic E-state index is 4.80. The van der Waals surface area contributed by atoms with Crippen LogP contribution in [0, 0.1) is 11.3 Å². The van der Waals surface area contributed by atoms with Gasteiger partial charge in [-0.15, -0.1) is 0 Å². The molecule has 1 heterocycles. The second kappa shape index (κ2) is 5.64. The van der Waals surface area contributed by atoms with Crippen molar-refractivity contribution in [1.29, 1.82) is 0 Å². The molecule has 1 saturated heterocycles. The maximum Gasteiger partial charge on any atom is 0.156 e. The minimum Gasteiger partial charge on any atom is -0.361 e. The Morgan fingerprint density at radius 1 is 1.47 bits per heavy atom. The molecule has 3 heteroatoms. The van der Waals surface area contributed by atoms with Crippen molar-refractivity contribution in [2.75, 3.05) is 12.3 Å².